The zero-order chi connectivity index (χ0) is 19.5. The van der Waals surface area contributed by atoms with Gasteiger partial charge in [0.15, 0.2) is 10.7 Å². The molecule has 1 fully saturated rings. The number of thiazole rings is 1. The second-order valence-corrected chi connectivity index (χ2v) is 8.52. The largest absolute Gasteiger partial charge is 0.340 e. The highest BCUT2D eigenvalue weighted by molar-refractivity contribution is 7.15. The van der Waals surface area contributed by atoms with Crippen LogP contribution < -0.4 is 5.56 Å². The number of piperazine rings is 1. The minimum atomic E-state index is -0.0644. The SMILES string of the molecule is O=C(CCC(=O)N1CCN(Cc2cc(=O)n3ccsc3n2)CC1)c1cccs1. The molecule has 9 heteroatoms. The molecule has 3 aromatic rings. The lowest BCUT2D eigenvalue weighted by atomic mass is 10.1. The second kappa shape index (κ2) is 8.34. The molecule has 0 spiro atoms. The predicted octanol–water partition coefficient (Wildman–Crippen LogP) is 2.12. The lowest BCUT2D eigenvalue weighted by molar-refractivity contribution is -0.133. The molecular formula is C19H20N4O3S2. The maximum Gasteiger partial charge on any atom is 0.258 e. The Morgan fingerprint density at radius 1 is 1.07 bits per heavy atom. The number of ketones is 1. The number of fused-ring (bicyclic) bond motifs is 1. The van der Waals surface area contributed by atoms with Crippen LogP contribution in [-0.4, -0.2) is 57.1 Å². The molecule has 0 atom stereocenters. The lowest BCUT2D eigenvalue weighted by Crippen LogP contribution is -2.48. The van der Waals surface area contributed by atoms with E-state index in [-0.39, 0.29) is 30.1 Å². The summed E-state index contributed by atoms with van der Waals surface area (Å²) in [6, 6.07) is 5.22. The molecule has 0 saturated carbocycles. The summed E-state index contributed by atoms with van der Waals surface area (Å²) in [6.07, 6.45) is 2.24. The van der Waals surface area contributed by atoms with Crippen LogP contribution in [0.15, 0.2) is 40.0 Å². The van der Waals surface area contributed by atoms with Gasteiger partial charge in [0.25, 0.3) is 5.56 Å². The summed E-state index contributed by atoms with van der Waals surface area (Å²) in [7, 11) is 0. The van der Waals surface area contributed by atoms with Crippen LogP contribution in [0.5, 0.6) is 0 Å². The van der Waals surface area contributed by atoms with E-state index < -0.39 is 0 Å². The Morgan fingerprint density at radius 2 is 1.89 bits per heavy atom. The summed E-state index contributed by atoms with van der Waals surface area (Å²) in [5.41, 5.74) is 0.694. The first-order valence-corrected chi connectivity index (χ1v) is 10.9. The molecule has 28 heavy (non-hydrogen) atoms. The molecule has 0 N–H and O–H groups in total. The van der Waals surface area contributed by atoms with Gasteiger partial charge in [-0.25, -0.2) is 4.98 Å². The number of Topliss-reactive ketones (excluding diaryl/α,β-unsaturated/α-hetero) is 1. The van der Waals surface area contributed by atoms with Gasteiger partial charge < -0.3 is 4.90 Å². The average molecular weight is 417 g/mol. The molecule has 0 bridgehead atoms. The number of nitrogens with zero attached hydrogens (tertiary/aromatic N) is 4. The van der Waals surface area contributed by atoms with Gasteiger partial charge >= 0.3 is 0 Å². The second-order valence-electron chi connectivity index (χ2n) is 6.70. The summed E-state index contributed by atoms with van der Waals surface area (Å²) >= 11 is 2.85. The van der Waals surface area contributed by atoms with E-state index in [1.807, 2.05) is 21.7 Å². The van der Waals surface area contributed by atoms with Crippen LogP contribution in [-0.2, 0) is 11.3 Å². The van der Waals surface area contributed by atoms with Crippen molar-refractivity contribution < 1.29 is 9.59 Å². The van der Waals surface area contributed by atoms with E-state index >= 15 is 0 Å². The van der Waals surface area contributed by atoms with Crippen molar-refractivity contribution in [3.63, 3.8) is 0 Å². The molecule has 1 aliphatic rings. The van der Waals surface area contributed by atoms with Crippen molar-refractivity contribution in [2.45, 2.75) is 19.4 Å². The third-order valence-electron chi connectivity index (χ3n) is 4.83. The molecule has 0 aliphatic carbocycles. The Morgan fingerprint density at radius 3 is 2.64 bits per heavy atom. The Bertz CT molecular complexity index is 1030. The fourth-order valence-corrected chi connectivity index (χ4v) is 4.73. The predicted molar refractivity (Wildman–Crippen MR) is 109 cm³/mol. The van der Waals surface area contributed by atoms with Gasteiger partial charge in [0.05, 0.1) is 10.6 Å². The number of hydrogen-bond donors (Lipinski definition) is 0. The van der Waals surface area contributed by atoms with E-state index in [2.05, 4.69) is 9.88 Å². The number of thiophene rings is 1. The molecular weight excluding hydrogens is 396 g/mol. The Labute approximate surface area is 169 Å². The normalized spacial score (nSPS) is 15.2. The molecule has 0 aromatic carbocycles. The monoisotopic (exact) mass is 416 g/mol. The van der Waals surface area contributed by atoms with E-state index in [0.29, 0.717) is 29.5 Å². The first-order valence-electron chi connectivity index (χ1n) is 9.13. The lowest BCUT2D eigenvalue weighted by Gasteiger charge is -2.34. The topological polar surface area (TPSA) is 75.0 Å². The smallest absolute Gasteiger partial charge is 0.258 e. The van der Waals surface area contributed by atoms with Crippen molar-refractivity contribution in [1.29, 1.82) is 0 Å². The van der Waals surface area contributed by atoms with Gasteiger partial charge in [-0.15, -0.1) is 22.7 Å². The van der Waals surface area contributed by atoms with Crippen LogP contribution in [0.25, 0.3) is 4.96 Å². The molecule has 3 aromatic heterocycles. The number of aromatic nitrogens is 2. The molecule has 7 nitrogen and oxygen atoms in total. The first kappa shape index (κ1) is 19.0. The summed E-state index contributed by atoms with van der Waals surface area (Å²) in [4.78, 5) is 46.5. The van der Waals surface area contributed by atoms with Crippen LogP contribution >= 0.6 is 22.7 Å². The van der Waals surface area contributed by atoms with Gasteiger partial charge in [-0.3, -0.25) is 23.7 Å². The van der Waals surface area contributed by atoms with Crippen molar-refractivity contribution in [3.05, 3.63) is 56.1 Å². The zero-order valence-electron chi connectivity index (χ0n) is 15.2. The quantitative estimate of drug-likeness (QED) is 0.576. The minimum Gasteiger partial charge on any atom is -0.340 e. The Kier molecular flexibility index (Phi) is 5.65. The molecule has 0 radical (unpaired) electrons. The van der Waals surface area contributed by atoms with Crippen molar-refractivity contribution in [1.82, 2.24) is 19.2 Å². The van der Waals surface area contributed by atoms with Crippen molar-refractivity contribution in [3.8, 4) is 0 Å². The van der Waals surface area contributed by atoms with E-state index in [9.17, 15) is 14.4 Å². The highest BCUT2D eigenvalue weighted by Crippen LogP contribution is 2.14. The Balaban J connectivity index is 1.27. The van der Waals surface area contributed by atoms with Gasteiger partial charge in [-0.05, 0) is 11.4 Å². The number of rotatable bonds is 6. The van der Waals surface area contributed by atoms with Gasteiger partial charge in [0, 0.05) is 63.2 Å². The molecule has 4 rings (SSSR count). The number of hydrogen-bond acceptors (Lipinski definition) is 7. The van der Waals surface area contributed by atoms with Crippen LogP contribution in [0.1, 0.15) is 28.2 Å². The van der Waals surface area contributed by atoms with Crippen molar-refractivity contribution >= 4 is 39.3 Å². The summed E-state index contributed by atoms with van der Waals surface area (Å²) in [5.74, 6) is 0.0595. The van der Waals surface area contributed by atoms with Gasteiger partial charge in [0.1, 0.15) is 0 Å². The molecule has 4 heterocycles. The number of carbonyl (C=O) groups is 2. The van der Waals surface area contributed by atoms with Crippen LogP contribution in [0.2, 0.25) is 0 Å². The van der Waals surface area contributed by atoms with Gasteiger partial charge in [0.2, 0.25) is 5.91 Å². The van der Waals surface area contributed by atoms with E-state index in [1.54, 1.807) is 22.7 Å². The van der Waals surface area contributed by atoms with E-state index in [4.69, 9.17) is 0 Å². The molecule has 1 saturated heterocycles. The minimum absolute atomic E-state index is 0.0286. The highest BCUT2D eigenvalue weighted by atomic mass is 32.1. The average Bonchev–Trinajstić information content (AvgIpc) is 3.38. The van der Waals surface area contributed by atoms with Crippen LogP contribution in [0.3, 0.4) is 0 Å². The molecule has 1 aliphatic heterocycles. The number of amides is 1. The zero-order valence-corrected chi connectivity index (χ0v) is 16.9. The summed E-state index contributed by atoms with van der Waals surface area (Å²) < 4.78 is 1.54. The third-order valence-corrected chi connectivity index (χ3v) is 6.50. The maximum atomic E-state index is 12.4. The van der Waals surface area contributed by atoms with Gasteiger partial charge in [-0.1, -0.05) is 6.07 Å². The van der Waals surface area contributed by atoms with Gasteiger partial charge in [-0.2, -0.15) is 0 Å². The van der Waals surface area contributed by atoms with Crippen LogP contribution in [0.4, 0.5) is 0 Å². The standard InChI is InChI=1S/C19H20N4O3S2/c24-15(16-2-1-10-27-16)3-4-17(25)22-7-5-21(6-8-22)13-14-12-18(26)23-9-11-28-19(23)20-14/h1-2,9-12H,3-8,13H2. The van der Waals surface area contributed by atoms with Crippen molar-refractivity contribution in [2.24, 2.45) is 0 Å². The fraction of sp³-hybridized carbons (Fsp3) is 0.368. The first-order chi connectivity index (χ1) is 13.6. The van der Waals surface area contributed by atoms with Crippen molar-refractivity contribution in [2.75, 3.05) is 26.2 Å². The summed E-state index contributed by atoms with van der Waals surface area (Å²) in [5, 5.41) is 3.72. The summed E-state index contributed by atoms with van der Waals surface area (Å²) in [6.45, 7) is 3.33. The van der Waals surface area contributed by atoms with E-state index in [0.717, 1.165) is 18.8 Å². The van der Waals surface area contributed by atoms with Crippen LogP contribution in [0, 0.1) is 0 Å². The Hall–Kier alpha value is -2.36. The fourth-order valence-electron chi connectivity index (χ4n) is 3.29. The highest BCUT2D eigenvalue weighted by Gasteiger charge is 2.22. The third kappa shape index (κ3) is 4.21. The molecule has 1 amide bonds. The molecule has 146 valence electrons. The van der Waals surface area contributed by atoms with E-state index in [1.165, 1.54) is 22.7 Å². The number of carbonyl (C=O) groups excluding carboxylic acids is 2. The maximum absolute atomic E-state index is 12.4. The molecule has 0 unspecified atom stereocenters.